The maximum atomic E-state index is 5.68. The molecular weight excluding hydrogens is 138 g/mol. The molecule has 0 saturated heterocycles. The summed E-state index contributed by atoms with van der Waals surface area (Å²) < 4.78 is 5.05. The van der Waals surface area contributed by atoms with E-state index < -0.39 is 0 Å². The molecule has 0 aliphatic rings. The van der Waals surface area contributed by atoms with Gasteiger partial charge in [0.2, 0.25) is 0 Å². The Bertz CT molecular complexity index is 238. The fourth-order valence-corrected chi connectivity index (χ4v) is 0.925. The fourth-order valence-electron chi connectivity index (χ4n) is 0.925. The molecular formula is C9H15NO. The second-order valence-corrected chi connectivity index (χ2v) is 2.57. The quantitative estimate of drug-likeness (QED) is 0.706. The van der Waals surface area contributed by atoms with Crippen LogP contribution in [0.2, 0.25) is 0 Å². The molecule has 0 aromatic heterocycles. The molecule has 0 aliphatic carbocycles. The van der Waals surface area contributed by atoms with E-state index in [1.54, 1.807) is 7.11 Å². The molecule has 0 spiro atoms. The van der Waals surface area contributed by atoms with Crippen LogP contribution in [0.1, 0.15) is 20.0 Å². The molecule has 0 heterocycles. The molecule has 2 N–H and O–H groups in total. The van der Waals surface area contributed by atoms with Crippen LogP contribution in [0.4, 0.5) is 0 Å². The highest BCUT2D eigenvalue weighted by atomic mass is 16.5. The molecule has 0 unspecified atom stereocenters. The molecule has 1 atom stereocenters. The van der Waals surface area contributed by atoms with Gasteiger partial charge in [-0.05, 0) is 24.6 Å². The average molecular weight is 154 g/mol. The van der Waals surface area contributed by atoms with Gasteiger partial charge in [-0.25, -0.2) is 0 Å². The van der Waals surface area contributed by atoms with Crippen LogP contribution < -0.4 is 10.5 Å². The van der Waals surface area contributed by atoms with Crippen molar-refractivity contribution in [1.29, 1.82) is 0 Å². The van der Waals surface area contributed by atoms with Crippen molar-refractivity contribution in [3.63, 3.8) is 0 Å². The van der Waals surface area contributed by atoms with E-state index in [-0.39, 0.29) is 7.47 Å². The van der Waals surface area contributed by atoms with Gasteiger partial charge in [0.05, 0.1) is 7.11 Å². The van der Waals surface area contributed by atoms with Crippen molar-refractivity contribution in [2.24, 2.45) is 5.73 Å². The summed E-state index contributed by atoms with van der Waals surface area (Å²) in [5.41, 5.74) is 6.78. The molecule has 0 fully saturated rings. The van der Waals surface area contributed by atoms with E-state index in [0.29, 0.717) is 0 Å². The van der Waals surface area contributed by atoms with Gasteiger partial charge in [0, 0.05) is 7.47 Å². The van der Waals surface area contributed by atoms with Crippen LogP contribution in [-0.2, 0) is 0 Å². The first-order chi connectivity index (χ1) is 5.24. The Labute approximate surface area is 68.5 Å². The summed E-state index contributed by atoms with van der Waals surface area (Å²) in [6.07, 6.45) is 0. The van der Waals surface area contributed by atoms with Gasteiger partial charge in [-0.2, -0.15) is 0 Å². The molecule has 2 heteroatoms. The van der Waals surface area contributed by atoms with Gasteiger partial charge in [-0.3, -0.25) is 0 Å². The first-order valence-corrected chi connectivity index (χ1v) is 3.63. The normalized spacial score (nSPS) is 12.6. The van der Waals surface area contributed by atoms with E-state index in [1.807, 2.05) is 31.2 Å². The minimum Gasteiger partial charge on any atom is -0.497 e. The molecule has 0 amide bonds. The number of hydrogen-bond donors (Lipinski definition) is 1. The zero-order chi connectivity index (χ0) is 8.27. The smallest absolute Gasteiger partial charge is 0.119 e. The third-order valence-corrected chi connectivity index (χ3v) is 1.62. The third kappa shape index (κ3) is 1.95. The van der Waals surface area contributed by atoms with Gasteiger partial charge in [0.15, 0.2) is 0 Å². The van der Waals surface area contributed by atoms with E-state index in [4.69, 9.17) is 10.5 Å². The Hall–Kier alpha value is -1.02. The number of methoxy groups -OCH3 is 1. The van der Waals surface area contributed by atoms with Gasteiger partial charge < -0.3 is 10.5 Å². The van der Waals surface area contributed by atoms with Crippen LogP contribution in [0.25, 0.3) is 0 Å². The van der Waals surface area contributed by atoms with Gasteiger partial charge in [-0.15, -0.1) is 0 Å². The highest BCUT2D eigenvalue weighted by molar-refractivity contribution is 5.29. The van der Waals surface area contributed by atoms with Crippen LogP contribution in [0, 0.1) is 0 Å². The topological polar surface area (TPSA) is 35.2 Å². The number of ether oxygens (including phenoxy) is 1. The summed E-state index contributed by atoms with van der Waals surface area (Å²) >= 11 is 0. The van der Waals surface area contributed by atoms with Crippen LogP contribution >= 0.6 is 0 Å². The van der Waals surface area contributed by atoms with Crippen molar-refractivity contribution in [3.05, 3.63) is 29.8 Å². The summed E-state index contributed by atoms with van der Waals surface area (Å²) in [6, 6.07) is 7.87. The summed E-state index contributed by atoms with van der Waals surface area (Å²) in [7, 11) is 1.65. The van der Waals surface area contributed by atoms with Crippen molar-refractivity contribution in [3.8, 4) is 5.75 Å². The SMILES string of the molecule is COc1cccc([C@@H](C)N)c1.[2HH]. The van der Waals surface area contributed by atoms with Crippen LogP contribution in [0.5, 0.6) is 5.75 Å². The predicted molar refractivity (Wildman–Crippen MR) is 47.7 cm³/mol. The summed E-state index contributed by atoms with van der Waals surface area (Å²) in [5, 5.41) is 0. The number of hydrogen-bond acceptors (Lipinski definition) is 2. The molecule has 0 bridgehead atoms. The van der Waals surface area contributed by atoms with Crippen molar-refractivity contribution < 1.29 is 6.16 Å². The lowest BCUT2D eigenvalue weighted by molar-refractivity contribution is 0.414. The molecule has 2 nitrogen and oxygen atoms in total. The number of rotatable bonds is 2. The van der Waals surface area contributed by atoms with Crippen molar-refractivity contribution in [2.45, 2.75) is 13.0 Å². The molecule has 0 aliphatic heterocycles. The molecule has 0 saturated carbocycles. The highest BCUT2D eigenvalue weighted by Gasteiger charge is 1.98. The zero-order valence-electron chi connectivity index (χ0n) is 6.87. The molecule has 1 rings (SSSR count). The molecule has 1 aromatic rings. The van der Waals surface area contributed by atoms with Gasteiger partial charge in [0.25, 0.3) is 0 Å². The Morgan fingerprint density at radius 1 is 1.55 bits per heavy atom. The highest BCUT2D eigenvalue weighted by Crippen LogP contribution is 2.16. The molecule has 1 aromatic carbocycles. The average Bonchev–Trinajstić information content (AvgIpc) is 2.05. The Kier molecular flexibility index (Phi) is 2.49. The van der Waals surface area contributed by atoms with Crippen LogP contribution in [0.15, 0.2) is 24.3 Å². The van der Waals surface area contributed by atoms with E-state index >= 15 is 0 Å². The first kappa shape index (κ1) is 8.08. The second-order valence-electron chi connectivity index (χ2n) is 2.57. The third-order valence-electron chi connectivity index (χ3n) is 1.62. The maximum Gasteiger partial charge on any atom is 0.119 e. The second kappa shape index (κ2) is 3.39. The van der Waals surface area contributed by atoms with Gasteiger partial charge >= 0.3 is 0 Å². The van der Waals surface area contributed by atoms with Crippen molar-refractivity contribution >= 4 is 0 Å². The largest absolute Gasteiger partial charge is 0.497 e. The van der Waals surface area contributed by atoms with Gasteiger partial charge in [-0.1, -0.05) is 12.1 Å². The van der Waals surface area contributed by atoms with Crippen LogP contribution in [0.3, 0.4) is 0 Å². The number of nitrogens with two attached hydrogens (primary N) is 1. The first-order valence-electron chi connectivity index (χ1n) is 3.63. The van der Waals surface area contributed by atoms with E-state index in [9.17, 15) is 0 Å². The minimum absolute atomic E-state index is 0. The molecule has 11 heavy (non-hydrogen) atoms. The van der Waals surface area contributed by atoms with E-state index in [1.165, 1.54) is 0 Å². The summed E-state index contributed by atoms with van der Waals surface area (Å²) in [5.74, 6) is 0.861. The predicted octanol–water partition coefficient (Wildman–Crippen LogP) is 1.96. The van der Waals surface area contributed by atoms with Crippen molar-refractivity contribution in [1.82, 2.24) is 0 Å². The molecule has 0 radical (unpaired) electrons. The fraction of sp³-hybridized carbons (Fsp3) is 0.333. The zero-order valence-corrected chi connectivity index (χ0v) is 6.87. The van der Waals surface area contributed by atoms with E-state index in [0.717, 1.165) is 11.3 Å². The van der Waals surface area contributed by atoms with Crippen LogP contribution in [-0.4, -0.2) is 7.11 Å². The van der Waals surface area contributed by atoms with E-state index in [2.05, 4.69) is 0 Å². The van der Waals surface area contributed by atoms with Gasteiger partial charge in [0.1, 0.15) is 5.75 Å². The Balaban J connectivity index is 0.00000121. The van der Waals surface area contributed by atoms with Crippen molar-refractivity contribution in [2.75, 3.05) is 7.11 Å². The lowest BCUT2D eigenvalue weighted by Crippen LogP contribution is -2.04. The maximum absolute atomic E-state index is 5.68. The number of benzene rings is 1. The lowest BCUT2D eigenvalue weighted by Gasteiger charge is -2.06. The Morgan fingerprint density at radius 2 is 2.27 bits per heavy atom. The minimum atomic E-state index is 0. The Morgan fingerprint density at radius 3 is 2.82 bits per heavy atom. The molecule has 62 valence electrons. The summed E-state index contributed by atoms with van der Waals surface area (Å²) in [6.45, 7) is 1.95. The standard InChI is InChI=1S/C9H13NO.H2/c1-7(10)8-4-3-5-9(6-8)11-2;/h3-7H,10H2,1-2H3;1H/t7-;/m1./s1/i;1+1. The summed E-state index contributed by atoms with van der Waals surface area (Å²) in [4.78, 5) is 0. The monoisotopic (exact) mass is 154 g/mol. The lowest BCUT2D eigenvalue weighted by atomic mass is 10.1.